The Balaban J connectivity index is 4.41. The molecule has 0 rings (SSSR count). The normalized spacial score (nSPS) is 13.9. The van der Waals surface area contributed by atoms with Crippen LogP contribution in [-0.4, -0.2) is 70.0 Å². The van der Waals surface area contributed by atoms with Crippen molar-refractivity contribution >= 4 is 19.8 Å². The fourth-order valence-corrected chi connectivity index (χ4v) is 6.35. The van der Waals surface area contributed by atoms with E-state index in [0.717, 1.165) is 57.8 Å². The van der Waals surface area contributed by atoms with Gasteiger partial charge < -0.3 is 27.9 Å². The number of likely N-dealkylation sites (N-methyl/N-ethyl adjacent to an activating group) is 1. The zero-order valence-electron chi connectivity index (χ0n) is 34.3. The highest BCUT2D eigenvalue weighted by Gasteiger charge is 2.21. The molecular formula is C42H80NO8P. The van der Waals surface area contributed by atoms with E-state index in [0.29, 0.717) is 17.4 Å². The first kappa shape index (κ1) is 50.5. The molecule has 52 heavy (non-hydrogen) atoms. The van der Waals surface area contributed by atoms with Crippen molar-refractivity contribution in [2.24, 2.45) is 0 Å². The predicted octanol–water partition coefficient (Wildman–Crippen LogP) is 10.9. The molecule has 0 N–H and O–H groups in total. The van der Waals surface area contributed by atoms with E-state index in [9.17, 15) is 19.0 Å². The van der Waals surface area contributed by atoms with E-state index in [1.54, 1.807) is 0 Å². The Morgan fingerprint density at radius 1 is 0.673 bits per heavy atom. The van der Waals surface area contributed by atoms with E-state index in [1.807, 2.05) is 21.1 Å². The van der Waals surface area contributed by atoms with Gasteiger partial charge in [0.2, 0.25) is 0 Å². The average Bonchev–Trinajstić information content (AvgIpc) is 3.09. The van der Waals surface area contributed by atoms with E-state index < -0.39 is 26.5 Å². The summed E-state index contributed by atoms with van der Waals surface area (Å²) in [5.41, 5.74) is 0. The second-order valence-corrected chi connectivity index (χ2v) is 16.8. The summed E-state index contributed by atoms with van der Waals surface area (Å²) < 4.78 is 33.8. The van der Waals surface area contributed by atoms with Gasteiger partial charge in [0.15, 0.2) is 6.10 Å². The summed E-state index contributed by atoms with van der Waals surface area (Å²) >= 11 is 0. The van der Waals surface area contributed by atoms with Crippen LogP contribution >= 0.6 is 7.82 Å². The third kappa shape index (κ3) is 38.2. The lowest BCUT2D eigenvalue weighted by atomic mass is 10.0. The molecule has 0 aromatic heterocycles. The summed E-state index contributed by atoms with van der Waals surface area (Å²) in [5, 5.41) is 0. The highest BCUT2D eigenvalue weighted by atomic mass is 31.2. The zero-order valence-corrected chi connectivity index (χ0v) is 35.2. The third-order valence-corrected chi connectivity index (χ3v) is 9.94. The van der Waals surface area contributed by atoms with Crippen molar-refractivity contribution in [1.29, 1.82) is 0 Å². The van der Waals surface area contributed by atoms with Crippen molar-refractivity contribution in [3.05, 3.63) is 24.3 Å². The lowest BCUT2D eigenvalue weighted by Crippen LogP contribution is -2.37. The van der Waals surface area contributed by atoms with E-state index in [1.165, 1.54) is 89.9 Å². The minimum Gasteiger partial charge on any atom is -0.756 e. The maximum atomic E-state index is 12.6. The van der Waals surface area contributed by atoms with Crippen molar-refractivity contribution in [1.82, 2.24) is 0 Å². The molecule has 0 aromatic carbocycles. The predicted molar refractivity (Wildman–Crippen MR) is 213 cm³/mol. The second-order valence-electron chi connectivity index (χ2n) is 15.4. The molecule has 0 aliphatic rings. The fraction of sp³-hybridized carbons (Fsp3) is 0.857. The molecule has 306 valence electrons. The summed E-state index contributed by atoms with van der Waals surface area (Å²) in [5.74, 6) is -0.846. The standard InChI is InChI=1S/C42H80NO8P/c1-6-8-10-12-14-16-18-20-21-23-25-27-29-31-33-35-42(45)51-40(39-50-52(46,47)49-37-36-43(3,4)5)38-48-41(44)34-32-30-28-26-24-22-19-17-15-13-11-9-7-2/h14,16,20-21,40H,6-13,15,17-19,22-39H2,1-5H3/b16-14-,21-20-/t40-/m1/s1/i41+2. The number of quaternary nitrogens is 1. The van der Waals surface area contributed by atoms with Crippen LogP contribution in [0.1, 0.15) is 181 Å². The van der Waals surface area contributed by atoms with Crippen molar-refractivity contribution < 1.29 is 42.1 Å². The molecule has 0 amide bonds. The highest BCUT2D eigenvalue weighted by Crippen LogP contribution is 2.38. The number of esters is 2. The molecule has 0 heterocycles. The van der Waals surface area contributed by atoms with E-state index in [-0.39, 0.29) is 32.0 Å². The van der Waals surface area contributed by atoms with Crippen molar-refractivity contribution in [2.75, 3.05) is 47.5 Å². The molecule has 0 fully saturated rings. The van der Waals surface area contributed by atoms with Gasteiger partial charge in [-0.15, -0.1) is 0 Å². The number of nitrogens with zero attached hydrogens (tertiary/aromatic N) is 1. The van der Waals surface area contributed by atoms with Gasteiger partial charge in [0.1, 0.15) is 19.8 Å². The summed E-state index contributed by atoms with van der Waals surface area (Å²) in [6.07, 6.45) is 36.2. The average molecular weight is 760 g/mol. The topological polar surface area (TPSA) is 111 Å². The fourth-order valence-electron chi connectivity index (χ4n) is 5.63. The second kappa shape index (κ2) is 35.2. The van der Waals surface area contributed by atoms with Crippen LogP contribution < -0.4 is 4.89 Å². The lowest BCUT2D eigenvalue weighted by Gasteiger charge is -2.28. The van der Waals surface area contributed by atoms with Crippen LogP contribution in [0.3, 0.4) is 0 Å². The van der Waals surface area contributed by atoms with Crippen molar-refractivity contribution in [2.45, 2.75) is 187 Å². The SMILES string of the molecule is CCCCC/C=C\C/C=C\CCCCCCCC(=O)O[C@H](CO[14C](=O)CCCCCCCCCCCCCCC)COP(=O)([O-])OCC[N+](C)(C)C. The molecule has 1 unspecified atom stereocenters. The Morgan fingerprint density at radius 3 is 1.71 bits per heavy atom. The third-order valence-electron chi connectivity index (χ3n) is 8.97. The van der Waals surface area contributed by atoms with Gasteiger partial charge in [-0.25, -0.2) is 0 Å². The van der Waals surface area contributed by atoms with Gasteiger partial charge >= 0.3 is 11.9 Å². The molecule has 2 atom stereocenters. The first-order valence-corrected chi connectivity index (χ1v) is 22.5. The van der Waals surface area contributed by atoms with Crippen LogP contribution in [0.5, 0.6) is 0 Å². The molecule has 9 nitrogen and oxygen atoms in total. The molecule has 0 saturated heterocycles. The molecular weight excluding hydrogens is 679 g/mol. The van der Waals surface area contributed by atoms with Crippen molar-refractivity contribution in [3.8, 4) is 0 Å². The molecule has 0 aliphatic carbocycles. The van der Waals surface area contributed by atoms with Crippen molar-refractivity contribution in [3.63, 3.8) is 0 Å². The minimum atomic E-state index is -4.62. The Morgan fingerprint density at radius 2 is 1.15 bits per heavy atom. The number of phosphoric ester groups is 1. The molecule has 0 spiro atoms. The number of carbonyl (C=O) groups is 2. The van der Waals surface area contributed by atoms with Gasteiger partial charge in [-0.3, -0.25) is 14.2 Å². The van der Waals surface area contributed by atoms with E-state index in [4.69, 9.17) is 18.5 Å². The quantitative estimate of drug-likeness (QED) is 0.0201. The van der Waals surface area contributed by atoms with Crippen LogP contribution in [0.2, 0.25) is 0 Å². The monoisotopic (exact) mass is 760 g/mol. The number of carbonyl (C=O) groups excluding carboxylic acids is 2. The number of hydrogen-bond donors (Lipinski definition) is 0. The van der Waals surface area contributed by atoms with Crippen LogP contribution in [0.15, 0.2) is 24.3 Å². The molecule has 0 bridgehead atoms. The zero-order chi connectivity index (χ0) is 38.6. The van der Waals surface area contributed by atoms with Gasteiger partial charge in [-0.2, -0.15) is 0 Å². The Bertz CT molecular complexity index is 949. The lowest BCUT2D eigenvalue weighted by molar-refractivity contribution is -0.870. The molecule has 10 heteroatoms. The maximum Gasteiger partial charge on any atom is 0.306 e. The van der Waals surface area contributed by atoms with Gasteiger partial charge in [0.25, 0.3) is 7.82 Å². The molecule has 0 saturated carbocycles. The van der Waals surface area contributed by atoms with Gasteiger partial charge in [0, 0.05) is 12.8 Å². The number of phosphoric acid groups is 1. The Kier molecular flexibility index (Phi) is 34.2. The summed E-state index contributed by atoms with van der Waals surface area (Å²) in [6, 6.07) is 0. The van der Waals surface area contributed by atoms with Crippen LogP contribution in [0.4, 0.5) is 0 Å². The van der Waals surface area contributed by atoms with Gasteiger partial charge in [-0.1, -0.05) is 147 Å². The minimum absolute atomic E-state index is 0.0321. The Labute approximate surface area is 319 Å². The van der Waals surface area contributed by atoms with Crippen LogP contribution in [0.25, 0.3) is 0 Å². The first-order chi connectivity index (χ1) is 25.0. The Hall–Kier alpha value is -1.51. The number of allylic oxidation sites excluding steroid dienone is 4. The number of unbranched alkanes of at least 4 members (excludes halogenated alkanes) is 20. The number of rotatable bonds is 38. The maximum absolute atomic E-state index is 12.6. The highest BCUT2D eigenvalue weighted by molar-refractivity contribution is 7.45. The summed E-state index contributed by atoms with van der Waals surface area (Å²) in [6.45, 7) is 4.18. The molecule has 0 radical (unpaired) electrons. The molecule has 0 aromatic rings. The van der Waals surface area contributed by atoms with E-state index >= 15 is 0 Å². The summed E-state index contributed by atoms with van der Waals surface area (Å²) in [4.78, 5) is 37.4. The smallest absolute Gasteiger partial charge is 0.306 e. The summed E-state index contributed by atoms with van der Waals surface area (Å²) in [7, 11) is 1.16. The van der Waals surface area contributed by atoms with Crippen LogP contribution in [0, 0.1) is 0 Å². The first-order valence-electron chi connectivity index (χ1n) is 21.0. The van der Waals surface area contributed by atoms with Crippen LogP contribution in [-0.2, 0) is 32.7 Å². The molecule has 0 aliphatic heterocycles. The number of ether oxygens (including phenoxy) is 2. The van der Waals surface area contributed by atoms with Gasteiger partial charge in [-0.05, 0) is 44.9 Å². The largest absolute Gasteiger partial charge is 0.756 e. The van der Waals surface area contributed by atoms with E-state index in [2.05, 4.69) is 38.2 Å². The number of hydrogen-bond acceptors (Lipinski definition) is 8. The van der Waals surface area contributed by atoms with Gasteiger partial charge in [0.05, 0.1) is 27.7 Å².